The van der Waals surface area contributed by atoms with Gasteiger partial charge >= 0.3 is 5.97 Å². The summed E-state index contributed by atoms with van der Waals surface area (Å²) in [6.07, 6.45) is -1.99. The van der Waals surface area contributed by atoms with Crippen LogP contribution in [0.5, 0.6) is 0 Å². The molecule has 0 aliphatic carbocycles. The average Bonchev–Trinajstić information content (AvgIpc) is 2.80. The molecule has 0 spiro atoms. The van der Waals surface area contributed by atoms with E-state index in [1.165, 1.54) is 0 Å². The number of nitrogens with one attached hydrogen (secondary N) is 3. The molecule has 0 heterocycles. The highest BCUT2D eigenvalue weighted by molar-refractivity contribution is 5.97. The van der Waals surface area contributed by atoms with Gasteiger partial charge in [-0.3, -0.25) is 28.8 Å². The first-order valence-electron chi connectivity index (χ1n) is 11.1. The SMILES string of the molecule is NC(=O)CCC(NC(=O)C(CC(N)=O)NC(=O)C(N)CC(N)=O)C(=O)NC(Cc1ccccc1)C(=O)O. The lowest BCUT2D eigenvalue weighted by molar-refractivity contribution is -0.142. The smallest absolute Gasteiger partial charge is 0.326 e. The van der Waals surface area contributed by atoms with Crippen LogP contribution in [0.2, 0.25) is 0 Å². The quantitative estimate of drug-likeness (QED) is 0.105. The summed E-state index contributed by atoms with van der Waals surface area (Å²) in [5.41, 5.74) is 21.4. The molecule has 0 saturated carbocycles. The maximum absolute atomic E-state index is 12.9. The molecule has 4 unspecified atom stereocenters. The second-order valence-electron chi connectivity index (χ2n) is 8.16. The monoisotopic (exact) mass is 521 g/mol. The molecule has 1 aromatic rings. The standard InChI is InChI=1S/C22H31N7O8/c23-12(9-17(25)31)19(33)28-14(10-18(26)32)21(35)27-13(6-7-16(24)30)20(34)29-15(22(36)37)8-11-4-2-1-3-5-11/h1-5,12-15H,6-10,23H2,(H2,24,30)(H2,25,31)(H2,26,32)(H,27,35)(H,28,33)(H,29,34)(H,36,37). The van der Waals surface area contributed by atoms with Crippen LogP contribution in [0.1, 0.15) is 31.2 Å². The molecule has 0 aromatic heterocycles. The van der Waals surface area contributed by atoms with Gasteiger partial charge in [-0.2, -0.15) is 0 Å². The third kappa shape index (κ3) is 11.6. The second-order valence-corrected chi connectivity index (χ2v) is 8.16. The molecule has 37 heavy (non-hydrogen) atoms. The van der Waals surface area contributed by atoms with Crippen LogP contribution in [0, 0.1) is 0 Å². The number of amides is 6. The zero-order valence-corrected chi connectivity index (χ0v) is 19.8. The summed E-state index contributed by atoms with van der Waals surface area (Å²) in [5, 5.41) is 16.3. The molecule has 15 heteroatoms. The van der Waals surface area contributed by atoms with Crippen molar-refractivity contribution in [1.82, 2.24) is 16.0 Å². The summed E-state index contributed by atoms with van der Waals surface area (Å²) in [5.74, 6) is -7.02. The van der Waals surface area contributed by atoms with Crippen LogP contribution in [0.3, 0.4) is 0 Å². The number of carboxylic acid groups (broad SMARTS) is 1. The van der Waals surface area contributed by atoms with E-state index >= 15 is 0 Å². The molecule has 1 rings (SSSR count). The lowest BCUT2D eigenvalue weighted by Gasteiger charge is -2.24. The van der Waals surface area contributed by atoms with Gasteiger partial charge in [0.2, 0.25) is 35.4 Å². The molecule has 0 aliphatic rings. The van der Waals surface area contributed by atoms with Crippen molar-refractivity contribution in [3.8, 4) is 0 Å². The van der Waals surface area contributed by atoms with E-state index in [9.17, 15) is 38.7 Å². The molecule has 0 saturated heterocycles. The van der Waals surface area contributed by atoms with Crippen molar-refractivity contribution < 1.29 is 38.7 Å². The van der Waals surface area contributed by atoms with Crippen molar-refractivity contribution in [2.75, 3.05) is 0 Å². The molecule has 0 fully saturated rings. The van der Waals surface area contributed by atoms with Gasteiger partial charge in [-0.1, -0.05) is 30.3 Å². The highest BCUT2D eigenvalue weighted by atomic mass is 16.4. The number of carboxylic acids is 1. The zero-order valence-electron chi connectivity index (χ0n) is 19.8. The number of rotatable bonds is 16. The predicted octanol–water partition coefficient (Wildman–Crippen LogP) is -3.89. The predicted molar refractivity (Wildman–Crippen MR) is 128 cm³/mol. The second kappa shape index (κ2) is 14.8. The van der Waals surface area contributed by atoms with E-state index in [1.54, 1.807) is 30.3 Å². The lowest BCUT2D eigenvalue weighted by atomic mass is 10.0. The Hall–Kier alpha value is -4.53. The number of aliphatic carboxylic acids is 1. The van der Waals surface area contributed by atoms with E-state index in [0.717, 1.165) is 0 Å². The third-order valence-electron chi connectivity index (χ3n) is 5.01. The van der Waals surface area contributed by atoms with Crippen LogP contribution >= 0.6 is 0 Å². The molecular weight excluding hydrogens is 490 g/mol. The van der Waals surface area contributed by atoms with Crippen LogP contribution < -0.4 is 38.9 Å². The lowest BCUT2D eigenvalue weighted by Crippen LogP contribution is -2.58. The first-order chi connectivity index (χ1) is 17.3. The minimum absolute atomic E-state index is 0.0729. The molecular formula is C22H31N7O8. The van der Waals surface area contributed by atoms with Crippen molar-refractivity contribution in [3.05, 3.63) is 35.9 Å². The Morgan fingerprint density at radius 3 is 1.73 bits per heavy atom. The number of hydrogen-bond donors (Lipinski definition) is 8. The molecule has 6 amide bonds. The van der Waals surface area contributed by atoms with Gasteiger partial charge in [0, 0.05) is 12.8 Å². The Morgan fingerprint density at radius 2 is 1.22 bits per heavy atom. The van der Waals surface area contributed by atoms with E-state index in [-0.39, 0.29) is 19.3 Å². The van der Waals surface area contributed by atoms with E-state index in [2.05, 4.69) is 16.0 Å². The summed E-state index contributed by atoms with van der Waals surface area (Å²) in [7, 11) is 0. The fraction of sp³-hybridized carbons (Fsp3) is 0.409. The Balaban J connectivity index is 3.05. The summed E-state index contributed by atoms with van der Waals surface area (Å²) in [4.78, 5) is 83.4. The molecule has 0 bridgehead atoms. The summed E-state index contributed by atoms with van der Waals surface area (Å²) in [6, 6.07) is 2.55. The first kappa shape index (κ1) is 30.5. The minimum atomic E-state index is -1.60. The molecule has 15 nitrogen and oxygen atoms in total. The van der Waals surface area contributed by atoms with Gasteiger partial charge in [0.25, 0.3) is 0 Å². The van der Waals surface area contributed by atoms with Crippen LogP contribution in [-0.4, -0.2) is 70.7 Å². The van der Waals surface area contributed by atoms with Gasteiger partial charge in [0.05, 0.1) is 18.9 Å². The molecule has 0 aliphatic heterocycles. The molecule has 1 aromatic carbocycles. The molecule has 202 valence electrons. The summed E-state index contributed by atoms with van der Waals surface area (Å²) in [6.45, 7) is 0. The molecule has 12 N–H and O–H groups in total. The van der Waals surface area contributed by atoms with Crippen molar-refractivity contribution >= 4 is 41.4 Å². The van der Waals surface area contributed by atoms with E-state index in [0.29, 0.717) is 5.56 Å². The topological polar surface area (TPSA) is 280 Å². The number of carbonyl (C=O) groups is 7. The van der Waals surface area contributed by atoms with E-state index in [4.69, 9.17) is 22.9 Å². The summed E-state index contributed by atoms with van der Waals surface area (Å²) < 4.78 is 0. The Bertz CT molecular complexity index is 1020. The Kier molecular flexibility index (Phi) is 12.2. The minimum Gasteiger partial charge on any atom is -0.480 e. The van der Waals surface area contributed by atoms with E-state index in [1.807, 2.05) is 0 Å². The van der Waals surface area contributed by atoms with Gasteiger partial charge in [0.1, 0.15) is 18.1 Å². The fourth-order valence-corrected chi connectivity index (χ4v) is 3.15. The van der Waals surface area contributed by atoms with Gasteiger partial charge in [0.15, 0.2) is 0 Å². The highest BCUT2D eigenvalue weighted by Crippen LogP contribution is 2.06. The Labute approximate surface area is 211 Å². The van der Waals surface area contributed by atoms with Crippen LogP contribution in [-0.2, 0) is 40.0 Å². The van der Waals surface area contributed by atoms with Crippen LogP contribution in [0.15, 0.2) is 30.3 Å². The Morgan fingerprint density at radius 1 is 0.703 bits per heavy atom. The number of nitrogens with two attached hydrogens (primary N) is 4. The number of primary amides is 3. The van der Waals surface area contributed by atoms with Crippen LogP contribution in [0.4, 0.5) is 0 Å². The van der Waals surface area contributed by atoms with E-state index < -0.39 is 78.4 Å². The van der Waals surface area contributed by atoms with Gasteiger partial charge < -0.3 is 44.0 Å². The zero-order chi connectivity index (χ0) is 28.1. The molecule has 0 radical (unpaired) electrons. The first-order valence-corrected chi connectivity index (χ1v) is 11.1. The normalized spacial score (nSPS) is 13.8. The van der Waals surface area contributed by atoms with Gasteiger partial charge in [-0.25, -0.2) is 4.79 Å². The van der Waals surface area contributed by atoms with Crippen molar-refractivity contribution in [2.45, 2.75) is 56.3 Å². The van der Waals surface area contributed by atoms with Crippen molar-refractivity contribution in [3.63, 3.8) is 0 Å². The fourth-order valence-electron chi connectivity index (χ4n) is 3.15. The van der Waals surface area contributed by atoms with Crippen molar-refractivity contribution in [1.29, 1.82) is 0 Å². The number of benzene rings is 1. The molecule has 4 atom stereocenters. The maximum atomic E-state index is 12.9. The summed E-state index contributed by atoms with van der Waals surface area (Å²) >= 11 is 0. The van der Waals surface area contributed by atoms with Gasteiger partial charge in [-0.05, 0) is 12.0 Å². The van der Waals surface area contributed by atoms with Crippen molar-refractivity contribution in [2.24, 2.45) is 22.9 Å². The van der Waals surface area contributed by atoms with Gasteiger partial charge in [-0.15, -0.1) is 0 Å². The number of hydrogen-bond acceptors (Lipinski definition) is 8. The number of carbonyl (C=O) groups excluding carboxylic acids is 6. The third-order valence-corrected chi connectivity index (χ3v) is 5.01. The maximum Gasteiger partial charge on any atom is 0.326 e. The van der Waals surface area contributed by atoms with Crippen LogP contribution in [0.25, 0.3) is 0 Å². The largest absolute Gasteiger partial charge is 0.480 e. The average molecular weight is 522 g/mol. The highest BCUT2D eigenvalue weighted by Gasteiger charge is 2.31.